The van der Waals surface area contributed by atoms with Crippen LogP contribution in [0.3, 0.4) is 0 Å². The third-order valence-electron chi connectivity index (χ3n) is 2.78. The SMILES string of the molecule is CNC(CCOC)Cc1c(Cl)c(C)nn1C. The molecule has 0 spiro atoms. The number of halogens is 1. The number of ether oxygens (including phenoxy) is 1. The molecule has 0 aliphatic carbocycles. The second-order valence-electron chi connectivity index (χ2n) is 3.94. The van der Waals surface area contributed by atoms with E-state index in [-0.39, 0.29) is 0 Å². The standard InChI is InChI=1S/C11H20ClN3O/c1-8-11(12)10(15(3)14-8)7-9(13-2)5-6-16-4/h9,13H,5-7H2,1-4H3. The summed E-state index contributed by atoms with van der Waals surface area (Å²) in [5, 5.41) is 8.35. The highest BCUT2D eigenvalue weighted by Crippen LogP contribution is 2.21. The molecule has 1 aromatic rings. The molecule has 0 amide bonds. The molecule has 1 atom stereocenters. The van der Waals surface area contributed by atoms with Crippen LogP contribution in [0.1, 0.15) is 17.8 Å². The molecule has 5 heteroatoms. The Kier molecular flexibility index (Phi) is 5.25. The van der Waals surface area contributed by atoms with Crippen molar-refractivity contribution in [2.75, 3.05) is 20.8 Å². The van der Waals surface area contributed by atoms with Crippen molar-refractivity contribution in [2.45, 2.75) is 25.8 Å². The lowest BCUT2D eigenvalue weighted by Crippen LogP contribution is -2.29. The summed E-state index contributed by atoms with van der Waals surface area (Å²) in [6.45, 7) is 2.68. The normalized spacial score (nSPS) is 13.1. The molecule has 0 aliphatic rings. The second kappa shape index (κ2) is 6.23. The van der Waals surface area contributed by atoms with E-state index in [0.29, 0.717) is 6.04 Å². The molecule has 16 heavy (non-hydrogen) atoms. The van der Waals surface area contributed by atoms with Crippen molar-refractivity contribution in [3.05, 3.63) is 16.4 Å². The van der Waals surface area contributed by atoms with Crippen LogP contribution in [0.15, 0.2) is 0 Å². The van der Waals surface area contributed by atoms with Crippen LogP contribution in [-0.4, -0.2) is 36.6 Å². The minimum atomic E-state index is 0.368. The van der Waals surface area contributed by atoms with E-state index in [1.165, 1.54) is 0 Å². The Hall–Kier alpha value is -0.580. The van der Waals surface area contributed by atoms with E-state index in [1.54, 1.807) is 7.11 Å². The van der Waals surface area contributed by atoms with Gasteiger partial charge < -0.3 is 10.1 Å². The lowest BCUT2D eigenvalue weighted by atomic mass is 10.1. The molecule has 0 fully saturated rings. The van der Waals surface area contributed by atoms with E-state index in [4.69, 9.17) is 16.3 Å². The third kappa shape index (κ3) is 3.20. The molecule has 4 nitrogen and oxygen atoms in total. The summed E-state index contributed by atoms with van der Waals surface area (Å²) in [5.74, 6) is 0. The summed E-state index contributed by atoms with van der Waals surface area (Å²) in [4.78, 5) is 0. The number of hydrogen-bond donors (Lipinski definition) is 1. The lowest BCUT2D eigenvalue weighted by molar-refractivity contribution is 0.183. The van der Waals surface area contributed by atoms with Gasteiger partial charge in [-0.15, -0.1) is 0 Å². The van der Waals surface area contributed by atoms with Crippen LogP contribution in [0.25, 0.3) is 0 Å². The Bertz CT molecular complexity index is 338. The average molecular weight is 246 g/mol. The van der Waals surface area contributed by atoms with Gasteiger partial charge in [0.05, 0.1) is 16.4 Å². The van der Waals surface area contributed by atoms with Gasteiger partial charge in [-0.2, -0.15) is 5.10 Å². The maximum absolute atomic E-state index is 6.21. The summed E-state index contributed by atoms with van der Waals surface area (Å²) in [6, 6.07) is 0.368. The fourth-order valence-corrected chi connectivity index (χ4v) is 1.98. The molecule has 92 valence electrons. The Balaban J connectivity index is 2.69. The zero-order valence-electron chi connectivity index (χ0n) is 10.4. The van der Waals surface area contributed by atoms with Gasteiger partial charge in [0, 0.05) is 33.2 Å². The summed E-state index contributed by atoms with van der Waals surface area (Å²) in [6.07, 6.45) is 1.84. The van der Waals surface area contributed by atoms with Gasteiger partial charge in [-0.3, -0.25) is 4.68 Å². The first-order valence-corrected chi connectivity index (χ1v) is 5.82. The molecule has 1 aromatic heterocycles. The minimum absolute atomic E-state index is 0.368. The van der Waals surface area contributed by atoms with E-state index >= 15 is 0 Å². The quantitative estimate of drug-likeness (QED) is 0.827. The van der Waals surface area contributed by atoms with Gasteiger partial charge in [0.2, 0.25) is 0 Å². The molecule has 0 bridgehead atoms. The lowest BCUT2D eigenvalue weighted by Gasteiger charge is -2.15. The number of methoxy groups -OCH3 is 1. The van der Waals surface area contributed by atoms with Crippen LogP contribution in [0.5, 0.6) is 0 Å². The maximum Gasteiger partial charge on any atom is 0.0847 e. The molecule has 1 unspecified atom stereocenters. The molecule has 1 heterocycles. The smallest absolute Gasteiger partial charge is 0.0847 e. The van der Waals surface area contributed by atoms with E-state index in [0.717, 1.165) is 35.9 Å². The van der Waals surface area contributed by atoms with Gasteiger partial charge in [0.1, 0.15) is 0 Å². The number of nitrogens with zero attached hydrogens (tertiary/aromatic N) is 2. The highest BCUT2D eigenvalue weighted by Gasteiger charge is 2.15. The Morgan fingerprint density at radius 2 is 2.25 bits per heavy atom. The van der Waals surface area contributed by atoms with Crippen LogP contribution in [0.2, 0.25) is 5.02 Å². The summed E-state index contributed by atoms with van der Waals surface area (Å²) in [5.41, 5.74) is 1.97. The maximum atomic E-state index is 6.21. The van der Waals surface area contributed by atoms with Crippen molar-refractivity contribution in [1.29, 1.82) is 0 Å². The van der Waals surface area contributed by atoms with E-state index < -0.39 is 0 Å². The first-order valence-electron chi connectivity index (χ1n) is 5.44. The first kappa shape index (κ1) is 13.5. The number of likely N-dealkylation sites (N-methyl/N-ethyl adjacent to an activating group) is 1. The third-order valence-corrected chi connectivity index (χ3v) is 3.27. The second-order valence-corrected chi connectivity index (χ2v) is 4.32. The van der Waals surface area contributed by atoms with Gasteiger partial charge in [-0.1, -0.05) is 11.6 Å². The summed E-state index contributed by atoms with van der Waals surface area (Å²) < 4.78 is 6.94. The van der Waals surface area contributed by atoms with Gasteiger partial charge in [0.25, 0.3) is 0 Å². The molecular formula is C11H20ClN3O. The zero-order chi connectivity index (χ0) is 12.1. The predicted octanol–water partition coefficient (Wildman–Crippen LogP) is 1.55. The van der Waals surface area contributed by atoms with Gasteiger partial charge in [-0.25, -0.2) is 0 Å². The molecular weight excluding hydrogens is 226 g/mol. The fourth-order valence-electron chi connectivity index (χ4n) is 1.74. The molecule has 0 saturated carbocycles. The topological polar surface area (TPSA) is 39.1 Å². The Labute approximate surface area is 102 Å². The Morgan fingerprint density at radius 1 is 1.56 bits per heavy atom. The molecule has 1 N–H and O–H groups in total. The van der Waals surface area contributed by atoms with Gasteiger partial charge in [-0.05, 0) is 20.4 Å². The minimum Gasteiger partial charge on any atom is -0.385 e. The van der Waals surface area contributed by atoms with Crippen LogP contribution in [0.4, 0.5) is 0 Å². The van der Waals surface area contributed by atoms with Crippen molar-refractivity contribution in [3.8, 4) is 0 Å². The van der Waals surface area contributed by atoms with Gasteiger partial charge in [0.15, 0.2) is 0 Å². The Morgan fingerprint density at radius 3 is 2.69 bits per heavy atom. The molecule has 0 aromatic carbocycles. The van der Waals surface area contributed by atoms with Crippen molar-refractivity contribution < 1.29 is 4.74 Å². The van der Waals surface area contributed by atoms with Crippen LogP contribution in [0, 0.1) is 6.92 Å². The molecule has 0 radical (unpaired) electrons. The monoisotopic (exact) mass is 245 g/mol. The van der Waals surface area contributed by atoms with Crippen molar-refractivity contribution in [2.24, 2.45) is 7.05 Å². The van der Waals surface area contributed by atoms with E-state index in [9.17, 15) is 0 Å². The molecule has 0 saturated heterocycles. The fraction of sp³-hybridized carbons (Fsp3) is 0.727. The predicted molar refractivity (Wildman–Crippen MR) is 66.0 cm³/mol. The van der Waals surface area contributed by atoms with Crippen LogP contribution >= 0.6 is 11.6 Å². The highest BCUT2D eigenvalue weighted by molar-refractivity contribution is 6.31. The van der Waals surface area contributed by atoms with E-state index in [2.05, 4.69) is 10.4 Å². The molecule has 1 rings (SSSR count). The van der Waals surface area contributed by atoms with Crippen LogP contribution < -0.4 is 5.32 Å². The number of aromatic nitrogens is 2. The van der Waals surface area contributed by atoms with Gasteiger partial charge >= 0.3 is 0 Å². The van der Waals surface area contributed by atoms with Crippen LogP contribution in [-0.2, 0) is 18.2 Å². The number of aryl methyl sites for hydroxylation is 2. The summed E-state index contributed by atoms with van der Waals surface area (Å²) >= 11 is 6.21. The van der Waals surface area contributed by atoms with Crippen molar-refractivity contribution in [3.63, 3.8) is 0 Å². The van der Waals surface area contributed by atoms with Crippen molar-refractivity contribution >= 4 is 11.6 Å². The van der Waals surface area contributed by atoms with E-state index in [1.807, 2.05) is 25.7 Å². The van der Waals surface area contributed by atoms with Crippen molar-refractivity contribution in [1.82, 2.24) is 15.1 Å². The summed E-state index contributed by atoms with van der Waals surface area (Å²) in [7, 11) is 5.60. The highest BCUT2D eigenvalue weighted by atomic mass is 35.5. The first-order chi connectivity index (χ1) is 7.60. The largest absolute Gasteiger partial charge is 0.385 e. The average Bonchev–Trinajstić information content (AvgIpc) is 2.50. The number of hydrogen-bond acceptors (Lipinski definition) is 3. The molecule has 0 aliphatic heterocycles. The zero-order valence-corrected chi connectivity index (χ0v) is 11.1. The number of nitrogens with one attached hydrogen (secondary N) is 1. The number of rotatable bonds is 6.